The monoisotopic (exact) mass is 190 g/mol. The number of aromatic nitrogens is 1. The van der Waals surface area contributed by atoms with Gasteiger partial charge in [-0.3, -0.25) is 9.78 Å². The molecule has 0 aliphatic carbocycles. The highest BCUT2D eigenvalue weighted by Crippen LogP contribution is 2.40. The lowest BCUT2D eigenvalue weighted by Gasteiger charge is -2.24. The average Bonchev–Trinajstić information content (AvgIpc) is 2.51. The smallest absolute Gasteiger partial charge is 0.170 e. The summed E-state index contributed by atoms with van der Waals surface area (Å²) in [5.41, 5.74) is 2.63. The largest absolute Gasteiger partial charge is 0.370 e. The molecule has 1 fully saturated rings. The summed E-state index contributed by atoms with van der Waals surface area (Å²) in [6.45, 7) is 2.45. The van der Waals surface area contributed by atoms with Gasteiger partial charge in [0, 0.05) is 24.8 Å². The number of hydrogen-bond acceptors (Lipinski definition) is 4. The topological polar surface area (TPSA) is 42.4 Å². The standard InChI is InChI=1S/C10H10N2O2/c13-6-8-10-7(1-2-11-8)9-5-12(10)3-4-14-9/h1-2,6,9H,3-5H2. The van der Waals surface area contributed by atoms with E-state index in [9.17, 15) is 4.79 Å². The molecule has 0 spiro atoms. The molecule has 1 saturated heterocycles. The quantitative estimate of drug-likeness (QED) is 0.614. The van der Waals surface area contributed by atoms with Crippen LogP contribution in [0.5, 0.6) is 0 Å². The fraction of sp³-hybridized carbons (Fsp3) is 0.400. The number of pyridine rings is 1. The summed E-state index contributed by atoms with van der Waals surface area (Å²) in [4.78, 5) is 17.1. The zero-order valence-corrected chi connectivity index (χ0v) is 7.64. The van der Waals surface area contributed by atoms with Gasteiger partial charge in [-0.15, -0.1) is 0 Å². The highest BCUT2D eigenvalue weighted by Gasteiger charge is 2.34. The third-order valence-electron chi connectivity index (χ3n) is 2.82. The van der Waals surface area contributed by atoms with Crippen molar-refractivity contribution in [3.8, 4) is 0 Å². The Balaban J connectivity index is 2.20. The molecule has 0 aromatic carbocycles. The highest BCUT2D eigenvalue weighted by molar-refractivity contribution is 5.84. The molecule has 2 aliphatic heterocycles. The highest BCUT2D eigenvalue weighted by atomic mass is 16.5. The molecule has 72 valence electrons. The Bertz CT molecular complexity index is 392. The van der Waals surface area contributed by atoms with Crippen molar-refractivity contribution in [1.82, 2.24) is 4.98 Å². The summed E-state index contributed by atoms with van der Waals surface area (Å²) in [6, 6.07) is 1.94. The minimum atomic E-state index is 0.139. The first-order chi connectivity index (χ1) is 6.90. The van der Waals surface area contributed by atoms with Crippen LogP contribution in [0.4, 0.5) is 5.69 Å². The lowest BCUT2D eigenvalue weighted by Crippen LogP contribution is -2.32. The number of rotatable bonds is 1. The van der Waals surface area contributed by atoms with Crippen LogP contribution in [-0.2, 0) is 4.74 Å². The lowest BCUT2D eigenvalue weighted by atomic mass is 10.1. The van der Waals surface area contributed by atoms with Gasteiger partial charge in [-0.25, -0.2) is 0 Å². The molecule has 14 heavy (non-hydrogen) atoms. The second-order valence-electron chi connectivity index (χ2n) is 3.56. The number of carbonyl (C=O) groups is 1. The fourth-order valence-electron chi connectivity index (χ4n) is 2.22. The molecular weight excluding hydrogens is 180 g/mol. The maximum atomic E-state index is 10.8. The molecule has 4 nitrogen and oxygen atoms in total. The van der Waals surface area contributed by atoms with E-state index in [1.807, 2.05) is 6.07 Å². The molecule has 3 rings (SSSR count). The van der Waals surface area contributed by atoms with Gasteiger partial charge in [0.1, 0.15) is 11.8 Å². The summed E-state index contributed by atoms with van der Waals surface area (Å²) in [5, 5.41) is 0. The van der Waals surface area contributed by atoms with Gasteiger partial charge in [-0.05, 0) is 6.07 Å². The Morgan fingerprint density at radius 1 is 1.64 bits per heavy atom. The van der Waals surface area contributed by atoms with E-state index < -0.39 is 0 Å². The van der Waals surface area contributed by atoms with Crippen LogP contribution in [0, 0.1) is 0 Å². The molecule has 4 heteroatoms. The van der Waals surface area contributed by atoms with Gasteiger partial charge in [0.2, 0.25) is 0 Å². The van der Waals surface area contributed by atoms with Gasteiger partial charge in [0.25, 0.3) is 0 Å². The van der Waals surface area contributed by atoms with Crippen LogP contribution in [0.3, 0.4) is 0 Å². The molecule has 1 aromatic rings. The van der Waals surface area contributed by atoms with Crippen LogP contribution in [0.25, 0.3) is 0 Å². The second kappa shape index (κ2) is 2.78. The molecular formula is C10H10N2O2. The number of fused-ring (bicyclic) bond motifs is 5. The van der Waals surface area contributed by atoms with Gasteiger partial charge >= 0.3 is 0 Å². The molecule has 3 heterocycles. The van der Waals surface area contributed by atoms with Crippen molar-refractivity contribution in [2.75, 3.05) is 24.6 Å². The van der Waals surface area contributed by atoms with Gasteiger partial charge in [0.15, 0.2) is 6.29 Å². The second-order valence-corrected chi connectivity index (χ2v) is 3.56. The molecule has 2 aliphatic rings. The molecule has 0 saturated carbocycles. The summed E-state index contributed by atoms with van der Waals surface area (Å²) in [7, 11) is 0. The predicted octanol–water partition coefficient (Wildman–Crippen LogP) is 0.785. The first-order valence-electron chi connectivity index (χ1n) is 4.71. The average molecular weight is 190 g/mol. The summed E-state index contributed by atoms with van der Waals surface area (Å²) >= 11 is 0. The zero-order chi connectivity index (χ0) is 9.54. The van der Waals surface area contributed by atoms with Crippen molar-refractivity contribution in [2.24, 2.45) is 0 Å². The van der Waals surface area contributed by atoms with Crippen LogP contribution in [0.1, 0.15) is 22.2 Å². The van der Waals surface area contributed by atoms with E-state index in [-0.39, 0.29) is 6.10 Å². The number of anilines is 1. The van der Waals surface area contributed by atoms with Crippen molar-refractivity contribution < 1.29 is 9.53 Å². The van der Waals surface area contributed by atoms with E-state index in [2.05, 4.69) is 9.88 Å². The molecule has 1 atom stereocenters. The van der Waals surface area contributed by atoms with Crippen molar-refractivity contribution >= 4 is 12.0 Å². The van der Waals surface area contributed by atoms with Gasteiger partial charge in [0.05, 0.1) is 12.3 Å². The minimum absolute atomic E-state index is 0.139. The minimum Gasteiger partial charge on any atom is -0.370 e. The molecule has 1 aromatic heterocycles. The third-order valence-corrected chi connectivity index (χ3v) is 2.82. The van der Waals surface area contributed by atoms with Crippen LogP contribution in [-0.4, -0.2) is 31.0 Å². The predicted molar refractivity (Wildman–Crippen MR) is 50.5 cm³/mol. The number of morpholine rings is 1. The van der Waals surface area contributed by atoms with Crippen LogP contribution < -0.4 is 4.90 Å². The SMILES string of the molecule is O=Cc1nccc2c1N1CCOC2C1. The Kier molecular flexibility index (Phi) is 1.58. The fourth-order valence-corrected chi connectivity index (χ4v) is 2.22. The van der Waals surface area contributed by atoms with E-state index in [1.165, 1.54) is 0 Å². The number of hydrogen-bond donors (Lipinski definition) is 0. The van der Waals surface area contributed by atoms with Gasteiger partial charge in [-0.1, -0.05) is 0 Å². The van der Waals surface area contributed by atoms with Crippen LogP contribution in [0.2, 0.25) is 0 Å². The molecule has 0 radical (unpaired) electrons. The van der Waals surface area contributed by atoms with Gasteiger partial charge in [-0.2, -0.15) is 0 Å². The Labute approximate surface area is 81.5 Å². The number of aldehydes is 1. The van der Waals surface area contributed by atoms with E-state index in [4.69, 9.17) is 4.74 Å². The first-order valence-corrected chi connectivity index (χ1v) is 4.71. The summed E-state index contributed by atoms with van der Waals surface area (Å²) in [6.07, 6.45) is 2.63. The molecule has 0 N–H and O–H groups in total. The lowest BCUT2D eigenvalue weighted by molar-refractivity contribution is 0.0501. The van der Waals surface area contributed by atoms with E-state index >= 15 is 0 Å². The Hall–Kier alpha value is -1.42. The van der Waals surface area contributed by atoms with Crippen molar-refractivity contribution in [3.63, 3.8) is 0 Å². The zero-order valence-electron chi connectivity index (χ0n) is 7.64. The molecule has 2 bridgehead atoms. The number of carbonyl (C=O) groups excluding carboxylic acids is 1. The number of ether oxygens (including phenoxy) is 1. The first kappa shape index (κ1) is 7.94. The van der Waals surface area contributed by atoms with Crippen LogP contribution >= 0.6 is 0 Å². The van der Waals surface area contributed by atoms with Crippen molar-refractivity contribution in [3.05, 3.63) is 23.5 Å². The van der Waals surface area contributed by atoms with E-state index in [1.54, 1.807) is 6.20 Å². The molecule has 0 amide bonds. The van der Waals surface area contributed by atoms with E-state index in [0.29, 0.717) is 5.69 Å². The third kappa shape index (κ3) is 0.915. The van der Waals surface area contributed by atoms with Crippen molar-refractivity contribution in [2.45, 2.75) is 6.10 Å². The Morgan fingerprint density at radius 2 is 2.57 bits per heavy atom. The maximum absolute atomic E-state index is 10.8. The maximum Gasteiger partial charge on any atom is 0.170 e. The van der Waals surface area contributed by atoms with Crippen LogP contribution in [0.15, 0.2) is 12.3 Å². The Morgan fingerprint density at radius 3 is 3.43 bits per heavy atom. The van der Waals surface area contributed by atoms with E-state index in [0.717, 1.165) is 37.2 Å². The normalized spacial score (nSPS) is 23.4. The van der Waals surface area contributed by atoms with Crippen molar-refractivity contribution in [1.29, 1.82) is 0 Å². The number of nitrogens with zero attached hydrogens (tertiary/aromatic N) is 2. The summed E-state index contributed by atoms with van der Waals surface area (Å²) < 4.78 is 5.61. The van der Waals surface area contributed by atoms with Gasteiger partial charge < -0.3 is 9.64 Å². The molecule has 1 unspecified atom stereocenters. The summed E-state index contributed by atoms with van der Waals surface area (Å²) in [5.74, 6) is 0.